The Morgan fingerprint density at radius 1 is 1.08 bits per heavy atom. The van der Waals surface area contributed by atoms with Gasteiger partial charge in [0.25, 0.3) is 0 Å². The van der Waals surface area contributed by atoms with Crippen molar-refractivity contribution in [2.24, 2.45) is 5.41 Å². The number of rotatable bonds is 6. The first-order valence-electron chi connectivity index (χ1n) is 8.02. The summed E-state index contributed by atoms with van der Waals surface area (Å²) in [6.07, 6.45) is 2.68. The molecule has 25 heavy (non-hydrogen) atoms. The molecule has 1 unspecified atom stereocenters. The van der Waals surface area contributed by atoms with Gasteiger partial charge in [-0.1, -0.05) is 18.1 Å². The van der Waals surface area contributed by atoms with Crippen molar-refractivity contribution in [3.63, 3.8) is 0 Å². The van der Waals surface area contributed by atoms with Gasteiger partial charge in [0, 0.05) is 0 Å². The van der Waals surface area contributed by atoms with E-state index in [1.54, 1.807) is 0 Å². The second kappa shape index (κ2) is 11.6. The summed E-state index contributed by atoms with van der Waals surface area (Å²) in [6, 6.07) is 17.6. The molecule has 2 aromatic carbocycles. The number of hydrogen-bond donors (Lipinski definition) is 0. The molecule has 0 amide bonds. The Bertz CT molecular complexity index is 618. The molecule has 0 bridgehead atoms. The Morgan fingerprint density at radius 3 is 2.00 bits per heavy atom. The number of methoxy groups -OCH3 is 1. The maximum absolute atomic E-state index is 12.1. The molecule has 2 aromatic rings. The molecule has 4 heteroatoms. The van der Waals surface area contributed by atoms with Gasteiger partial charge >= 0.3 is 23.0 Å². The van der Waals surface area contributed by atoms with Crippen molar-refractivity contribution in [1.82, 2.24) is 0 Å². The van der Waals surface area contributed by atoms with Crippen LogP contribution in [0.15, 0.2) is 66.2 Å². The van der Waals surface area contributed by atoms with Crippen LogP contribution in [0.5, 0.6) is 0 Å². The third-order valence-corrected chi connectivity index (χ3v) is 3.90. The van der Waals surface area contributed by atoms with Crippen LogP contribution in [0.2, 0.25) is 0 Å². The molecule has 2 rings (SSSR count). The predicted molar refractivity (Wildman–Crippen MR) is 97.0 cm³/mol. The number of hydrogen-bond acceptors (Lipinski definition) is 3. The van der Waals surface area contributed by atoms with Crippen LogP contribution in [-0.4, -0.2) is 18.9 Å². The van der Waals surface area contributed by atoms with Gasteiger partial charge in [0.1, 0.15) is 11.2 Å². The molecule has 0 aromatic heterocycles. The van der Waals surface area contributed by atoms with Gasteiger partial charge in [0.05, 0.1) is 7.11 Å². The van der Waals surface area contributed by atoms with E-state index >= 15 is 0 Å². The van der Waals surface area contributed by atoms with Crippen molar-refractivity contribution in [2.45, 2.75) is 33.6 Å². The topological polar surface area (TPSA) is 43.4 Å². The molecule has 0 saturated carbocycles. The van der Waals surface area contributed by atoms with E-state index < -0.39 is 11.4 Å². The van der Waals surface area contributed by atoms with Crippen molar-refractivity contribution in [3.05, 3.63) is 71.8 Å². The molecule has 0 spiro atoms. The first kappa shape index (κ1) is 23.1. The molecule has 0 aliphatic heterocycles. The van der Waals surface area contributed by atoms with Crippen LogP contribution in [0.3, 0.4) is 0 Å². The minimum absolute atomic E-state index is 0. The molecule has 0 saturated heterocycles. The fourth-order valence-electron chi connectivity index (χ4n) is 2.41. The molecule has 136 valence electrons. The molecule has 0 N–H and O–H groups in total. The Morgan fingerprint density at radius 2 is 1.64 bits per heavy atom. The Balaban J connectivity index is 0.000000820. The number of ether oxygens (including phenoxy) is 1. The third kappa shape index (κ3) is 7.25. The molecule has 0 aliphatic rings. The number of carbonyl (C=O) groups is 2. The second-order valence-corrected chi connectivity index (χ2v) is 6.05. The van der Waals surface area contributed by atoms with Crippen molar-refractivity contribution < 1.29 is 31.4 Å². The first-order valence-corrected chi connectivity index (χ1v) is 8.02. The van der Waals surface area contributed by atoms with E-state index in [1.807, 2.05) is 74.5 Å². The average molecular weight is 382 g/mol. The molecule has 0 fully saturated rings. The summed E-state index contributed by atoms with van der Waals surface area (Å²) in [6.45, 7) is 5.36. The summed E-state index contributed by atoms with van der Waals surface area (Å²) in [5.74, 6) is -0.614. The van der Waals surface area contributed by atoms with Gasteiger partial charge in [0.15, 0.2) is 0 Å². The molecular formula is C21H26FeO3. The number of allylic oxidation sites excluding steroid dienone is 2. The average Bonchev–Trinajstić information content (AvgIpc) is 3.25. The van der Waals surface area contributed by atoms with Crippen LogP contribution in [0.4, 0.5) is 0 Å². The maximum Gasteiger partial charge on any atom is 2.00 e. The van der Waals surface area contributed by atoms with Crippen LogP contribution in [0.1, 0.15) is 32.8 Å². The van der Waals surface area contributed by atoms with E-state index in [9.17, 15) is 9.59 Å². The monoisotopic (exact) mass is 382 g/mol. The maximum atomic E-state index is 12.1. The zero-order valence-electron chi connectivity index (χ0n) is 15.3. The van der Waals surface area contributed by atoms with Gasteiger partial charge in [-0.3, -0.25) is 9.59 Å². The van der Waals surface area contributed by atoms with E-state index in [0.717, 1.165) is 11.1 Å². The zero-order valence-corrected chi connectivity index (χ0v) is 16.4. The van der Waals surface area contributed by atoms with Crippen molar-refractivity contribution in [1.29, 1.82) is 0 Å². The molecule has 3 nitrogen and oxygen atoms in total. The number of carbonyl (C=O) groups excluding carboxylic acids is 2. The summed E-state index contributed by atoms with van der Waals surface area (Å²) in [4.78, 5) is 24.2. The summed E-state index contributed by atoms with van der Waals surface area (Å²) in [5, 5.41) is 0. The van der Waals surface area contributed by atoms with Gasteiger partial charge in [0.2, 0.25) is 0 Å². The molecular weight excluding hydrogens is 356 g/mol. The quantitative estimate of drug-likeness (QED) is 0.244. The van der Waals surface area contributed by atoms with Crippen LogP contribution >= 0.6 is 0 Å². The van der Waals surface area contributed by atoms with Gasteiger partial charge in [-0.25, -0.2) is 24.3 Å². The fourth-order valence-corrected chi connectivity index (χ4v) is 2.41. The van der Waals surface area contributed by atoms with Crippen LogP contribution in [0, 0.1) is 5.41 Å². The van der Waals surface area contributed by atoms with Crippen molar-refractivity contribution in [2.75, 3.05) is 7.11 Å². The Hall–Kier alpha value is -1.90. The summed E-state index contributed by atoms with van der Waals surface area (Å²) < 4.78 is 4.87. The molecule has 1 atom stereocenters. The number of ketones is 1. The standard InChI is InChI=1S/C16H21O3.C5H5.Fe/c1-12(2)9-10-16(13(3)17,15(18)19-4)11-14-7-5-6-8-14;1-2-4-5-3-1;/h5-9H,10-11H2,1-4H3;1-5H;/q2*-1;+2. The largest absolute Gasteiger partial charge is 2.00 e. The van der Waals surface area contributed by atoms with Gasteiger partial charge in [-0.15, -0.1) is 0 Å². The normalized spacial score (nSPS) is 11.8. The molecule has 0 aliphatic carbocycles. The SMILES string of the molecule is COC(=O)C(CC=C(C)C)(C[c-]1cccc1)C(C)=O.[Fe+2].c1cc[cH-]c1. The van der Waals surface area contributed by atoms with Crippen LogP contribution in [-0.2, 0) is 37.8 Å². The third-order valence-electron chi connectivity index (χ3n) is 3.90. The van der Waals surface area contributed by atoms with E-state index in [-0.39, 0.29) is 22.9 Å². The van der Waals surface area contributed by atoms with E-state index in [1.165, 1.54) is 14.0 Å². The van der Waals surface area contributed by atoms with Gasteiger partial charge in [-0.2, -0.15) is 35.9 Å². The van der Waals surface area contributed by atoms with E-state index in [4.69, 9.17) is 4.74 Å². The first-order chi connectivity index (χ1) is 11.4. The smallest absolute Gasteiger partial charge is 0.468 e. The summed E-state index contributed by atoms with van der Waals surface area (Å²) >= 11 is 0. The van der Waals surface area contributed by atoms with Crippen LogP contribution < -0.4 is 0 Å². The van der Waals surface area contributed by atoms with E-state index in [2.05, 4.69) is 0 Å². The minimum Gasteiger partial charge on any atom is -0.468 e. The van der Waals surface area contributed by atoms with E-state index in [0.29, 0.717) is 12.8 Å². The van der Waals surface area contributed by atoms with Crippen molar-refractivity contribution >= 4 is 11.8 Å². The predicted octanol–water partition coefficient (Wildman–Crippen LogP) is 4.46. The number of Topliss-reactive ketones (excluding diaryl/α,β-unsaturated/α-hetero) is 1. The van der Waals surface area contributed by atoms with Gasteiger partial charge in [-0.05, 0) is 27.2 Å². The minimum atomic E-state index is -1.11. The van der Waals surface area contributed by atoms with Gasteiger partial charge < -0.3 is 4.74 Å². The second-order valence-electron chi connectivity index (χ2n) is 6.05. The Labute approximate surface area is 161 Å². The number of esters is 1. The van der Waals surface area contributed by atoms with Crippen molar-refractivity contribution in [3.8, 4) is 0 Å². The molecule has 0 heterocycles. The zero-order chi connectivity index (χ0) is 18.0. The van der Waals surface area contributed by atoms with Crippen LogP contribution in [0.25, 0.3) is 0 Å². The summed E-state index contributed by atoms with van der Waals surface area (Å²) in [5.41, 5.74) is 0.945. The Kier molecular flexibility index (Phi) is 10.7. The molecule has 0 radical (unpaired) electrons. The fraction of sp³-hybridized carbons (Fsp3) is 0.333. The summed E-state index contributed by atoms with van der Waals surface area (Å²) in [7, 11) is 1.33.